The van der Waals surface area contributed by atoms with Crippen LogP contribution in [0.4, 0.5) is 28.4 Å². The van der Waals surface area contributed by atoms with Crippen LogP contribution in [0, 0.1) is 5.92 Å². The molecule has 0 saturated carbocycles. The van der Waals surface area contributed by atoms with E-state index in [2.05, 4.69) is 354 Å². The Labute approximate surface area is 541 Å². The summed E-state index contributed by atoms with van der Waals surface area (Å²) in [6.07, 6.45) is 5.77. The van der Waals surface area contributed by atoms with Crippen LogP contribution >= 0.6 is 0 Å². The molecule has 11 aromatic rings. The normalized spacial score (nSPS) is 16.2. The minimum atomic E-state index is -0.296. The van der Waals surface area contributed by atoms with Crippen LogP contribution in [0.15, 0.2) is 267 Å². The Hall–Kier alpha value is -9.50. The molecule has 4 aliphatic carbocycles. The van der Waals surface area contributed by atoms with Gasteiger partial charge in [0.1, 0.15) is 0 Å². The third-order valence-electron chi connectivity index (χ3n) is 21.1. The van der Waals surface area contributed by atoms with E-state index >= 15 is 0 Å². The maximum absolute atomic E-state index is 2.56. The summed E-state index contributed by atoms with van der Waals surface area (Å²) in [4.78, 5) is 5.06. The fourth-order valence-corrected chi connectivity index (χ4v) is 15.7. The third-order valence-corrected chi connectivity index (χ3v) is 21.1. The average Bonchev–Trinajstić information content (AvgIpc) is 1.63. The van der Waals surface area contributed by atoms with E-state index in [1.165, 1.54) is 128 Å². The van der Waals surface area contributed by atoms with Crippen molar-refractivity contribution < 1.29 is 0 Å². The number of nitrogens with zero attached hydrogens (tertiary/aromatic N) is 2. The van der Waals surface area contributed by atoms with Gasteiger partial charge in [-0.15, -0.1) is 0 Å². The van der Waals surface area contributed by atoms with Crippen LogP contribution in [0.3, 0.4) is 0 Å². The molecule has 0 N–H and O–H groups in total. The highest BCUT2D eigenvalue weighted by Gasteiger charge is 2.45. The maximum Gasteiger partial charge on any atom is 0.0473 e. The molecule has 2 nitrogen and oxygen atoms in total. The molecule has 0 fully saturated rings. The van der Waals surface area contributed by atoms with Gasteiger partial charge in [0, 0.05) is 45.0 Å². The van der Waals surface area contributed by atoms with Gasteiger partial charge in [0.15, 0.2) is 0 Å². The summed E-state index contributed by atoms with van der Waals surface area (Å²) in [6, 6.07) is 94.8. The number of hydrogen-bond acceptors (Lipinski definition) is 2. The largest absolute Gasteiger partial charge is 0.314 e. The molecule has 11 aromatic carbocycles. The minimum absolute atomic E-state index is 0.0129. The fraction of sp³-hybridized carbons (Fsp3) is 0.213. The highest BCUT2D eigenvalue weighted by molar-refractivity contribution is 5.92. The summed E-state index contributed by atoms with van der Waals surface area (Å²) in [6.45, 7) is 28.3. The molecule has 0 saturated heterocycles. The van der Waals surface area contributed by atoms with E-state index < -0.39 is 0 Å². The molecule has 91 heavy (non-hydrogen) atoms. The zero-order valence-corrected chi connectivity index (χ0v) is 55.0. The monoisotopic (exact) mass is 1180 g/mol. The van der Waals surface area contributed by atoms with Crippen molar-refractivity contribution in [3.05, 3.63) is 311 Å². The van der Waals surface area contributed by atoms with Crippen molar-refractivity contribution in [3.63, 3.8) is 0 Å². The Bertz CT molecular complexity index is 4740. The van der Waals surface area contributed by atoms with Gasteiger partial charge in [-0.1, -0.05) is 253 Å². The van der Waals surface area contributed by atoms with E-state index in [-0.39, 0.29) is 27.1 Å². The van der Waals surface area contributed by atoms with Gasteiger partial charge in [0.25, 0.3) is 0 Å². The van der Waals surface area contributed by atoms with Crippen molar-refractivity contribution in [2.45, 2.75) is 117 Å². The summed E-state index contributed by atoms with van der Waals surface area (Å²) in [5.41, 5.74) is 33.8. The molecular formula is C89H82N2. The summed E-state index contributed by atoms with van der Waals surface area (Å²) in [7, 11) is 0. The van der Waals surface area contributed by atoms with Crippen LogP contribution in [0.5, 0.6) is 0 Å². The lowest BCUT2D eigenvalue weighted by Crippen LogP contribution is -2.29. The molecule has 1 atom stereocenters. The molecule has 2 heteroatoms. The molecule has 448 valence electrons. The van der Waals surface area contributed by atoms with Gasteiger partial charge in [-0.05, 0) is 236 Å². The fourth-order valence-electron chi connectivity index (χ4n) is 15.7. The van der Waals surface area contributed by atoms with E-state index in [1.54, 1.807) is 0 Å². The van der Waals surface area contributed by atoms with Crippen LogP contribution in [0.1, 0.15) is 134 Å². The zero-order valence-electron chi connectivity index (χ0n) is 55.0. The summed E-state index contributed by atoms with van der Waals surface area (Å²) in [5, 5.41) is 0. The van der Waals surface area contributed by atoms with Gasteiger partial charge in [-0.3, -0.25) is 0 Å². The number of allylic oxidation sites excluding steroid dienone is 4. The second kappa shape index (κ2) is 21.3. The van der Waals surface area contributed by atoms with Crippen LogP contribution in [-0.2, 0) is 27.1 Å². The molecule has 0 spiro atoms. The van der Waals surface area contributed by atoms with Crippen molar-refractivity contribution >= 4 is 34.0 Å². The molecule has 15 rings (SSSR count). The van der Waals surface area contributed by atoms with E-state index in [0.29, 0.717) is 5.92 Å². The standard InChI is InChI=1S/C89H82N2/c1-85(2,3)65-33-37-67(38-34-65)90(69-41-45-77-73-27-19-21-29-79(73)87(7,8)83(77)55-69)71-49-61(57-23-15-13-16-24-57)47-63(51-71)59-31-43-75-76-44-32-60(54-82(76)89(11,12)81(75)53-59)64-48-62(58-25-17-14-18-26-58)50-72(52-64)91(68-39-35-66(36-40-68)86(4,5)6)70-42-46-78-74-28-20-22-30-80(74)88(9,10)84(78)56-70/h13-55,84H,56H2,1-12H3. The van der Waals surface area contributed by atoms with Crippen molar-refractivity contribution in [1.82, 2.24) is 0 Å². The number of hydrogen-bond donors (Lipinski definition) is 0. The molecule has 0 aliphatic heterocycles. The maximum atomic E-state index is 2.56. The topological polar surface area (TPSA) is 6.48 Å². The summed E-state index contributed by atoms with van der Waals surface area (Å²) < 4.78 is 0. The Kier molecular flexibility index (Phi) is 13.6. The van der Waals surface area contributed by atoms with Gasteiger partial charge >= 0.3 is 0 Å². The van der Waals surface area contributed by atoms with Gasteiger partial charge in [0.2, 0.25) is 0 Å². The molecule has 0 heterocycles. The lowest BCUT2D eigenvalue weighted by molar-refractivity contribution is 0.406. The lowest BCUT2D eigenvalue weighted by atomic mass is 9.74. The molecule has 4 aliphatic rings. The predicted molar refractivity (Wildman–Crippen MR) is 388 cm³/mol. The summed E-state index contributed by atoms with van der Waals surface area (Å²) >= 11 is 0. The highest BCUT2D eigenvalue weighted by atomic mass is 15.2. The molecule has 0 aromatic heterocycles. The van der Waals surface area contributed by atoms with E-state index in [0.717, 1.165) is 29.2 Å². The second-order valence-corrected chi connectivity index (χ2v) is 29.9. The number of benzene rings is 11. The first-order chi connectivity index (χ1) is 43.6. The molecule has 0 bridgehead atoms. The van der Waals surface area contributed by atoms with Crippen molar-refractivity contribution in [3.8, 4) is 66.8 Å². The van der Waals surface area contributed by atoms with Crippen LogP contribution in [0.2, 0.25) is 0 Å². The smallest absolute Gasteiger partial charge is 0.0473 e. The highest BCUT2D eigenvalue weighted by Crippen LogP contribution is 2.57. The number of anilines is 5. The third kappa shape index (κ3) is 9.84. The van der Waals surface area contributed by atoms with E-state index in [4.69, 9.17) is 0 Å². The van der Waals surface area contributed by atoms with Crippen LogP contribution < -0.4 is 9.80 Å². The number of rotatable bonds is 10. The van der Waals surface area contributed by atoms with Crippen molar-refractivity contribution in [2.24, 2.45) is 5.92 Å². The SMILES string of the molecule is CC(C)(C)c1ccc(N(C2=CC=C3c4ccccc4C(C)(C)C3C2)c2cc(-c3ccccc3)cc(-c3ccc4c(c3)C(C)(C)c3cc(-c5cc(-c6ccccc6)cc(N(c6ccc(C(C)(C)C)cc6)c6ccc7c(c6)C(C)(C)c6ccccc6-7)c5)ccc3-4)c2)cc1. The first-order valence-electron chi connectivity index (χ1n) is 32.9. The van der Waals surface area contributed by atoms with Crippen molar-refractivity contribution in [2.75, 3.05) is 9.80 Å². The Morgan fingerprint density at radius 1 is 0.297 bits per heavy atom. The molecule has 0 amide bonds. The molecular weight excluding hydrogens is 1100 g/mol. The van der Waals surface area contributed by atoms with Crippen molar-refractivity contribution in [1.29, 1.82) is 0 Å². The van der Waals surface area contributed by atoms with Gasteiger partial charge < -0.3 is 9.80 Å². The first kappa shape index (κ1) is 57.9. The van der Waals surface area contributed by atoms with Gasteiger partial charge in [0.05, 0.1) is 0 Å². The number of fused-ring (bicyclic) bond motifs is 9. The molecule has 1 unspecified atom stereocenters. The second-order valence-electron chi connectivity index (χ2n) is 29.9. The van der Waals surface area contributed by atoms with E-state index in [9.17, 15) is 0 Å². The average molecular weight is 1180 g/mol. The van der Waals surface area contributed by atoms with E-state index in [1.807, 2.05) is 0 Å². The van der Waals surface area contributed by atoms with Gasteiger partial charge in [-0.25, -0.2) is 0 Å². The predicted octanol–water partition coefficient (Wildman–Crippen LogP) is 24.4. The Morgan fingerprint density at radius 3 is 1.21 bits per heavy atom. The first-order valence-corrected chi connectivity index (χ1v) is 32.9. The Morgan fingerprint density at radius 2 is 0.692 bits per heavy atom. The Balaban J connectivity index is 0.840. The molecule has 0 radical (unpaired) electrons. The van der Waals surface area contributed by atoms with Gasteiger partial charge in [-0.2, -0.15) is 0 Å². The van der Waals surface area contributed by atoms with Crippen LogP contribution in [-0.4, -0.2) is 0 Å². The zero-order chi connectivity index (χ0) is 62.9. The lowest BCUT2D eigenvalue weighted by Gasteiger charge is -2.36. The quantitative estimate of drug-likeness (QED) is 0.135. The van der Waals surface area contributed by atoms with Crippen LogP contribution in [0.25, 0.3) is 72.3 Å². The minimum Gasteiger partial charge on any atom is -0.314 e. The summed E-state index contributed by atoms with van der Waals surface area (Å²) in [5.74, 6) is 0.349.